The molecule has 1 heterocycles. The molecule has 3 aromatic rings. The fraction of sp³-hybridized carbons (Fsp3) is 0.118. The van der Waals surface area contributed by atoms with Crippen molar-refractivity contribution in [3.05, 3.63) is 88.2 Å². The average Bonchev–Trinajstić information content (AvgIpc) is 2.94. The summed E-state index contributed by atoms with van der Waals surface area (Å²) in [6, 6.07) is 20.8. The zero-order valence-electron chi connectivity index (χ0n) is 11.1. The predicted molar refractivity (Wildman–Crippen MR) is 83.6 cm³/mol. The Hall–Kier alpha value is -2.13. The quantitative estimate of drug-likeness (QED) is 0.693. The maximum atomic E-state index is 4.71. The van der Waals surface area contributed by atoms with Gasteiger partial charge in [0.1, 0.15) is 0 Å². The lowest BCUT2D eigenvalue weighted by Crippen LogP contribution is -2.15. The highest BCUT2D eigenvalue weighted by molar-refractivity contribution is 7.07. The second kappa shape index (κ2) is 6.35. The van der Waals surface area contributed by atoms with E-state index in [1.807, 2.05) is 12.1 Å². The van der Waals surface area contributed by atoms with Gasteiger partial charge in [-0.15, -0.1) is 11.3 Å². The second-order valence-corrected chi connectivity index (χ2v) is 5.47. The van der Waals surface area contributed by atoms with Crippen LogP contribution >= 0.6 is 11.3 Å². The number of nitrogens with zero attached hydrogens (tertiary/aromatic N) is 2. The van der Waals surface area contributed by atoms with Gasteiger partial charge < -0.3 is 4.57 Å². The number of aromatic nitrogens is 1. The summed E-state index contributed by atoms with van der Waals surface area (Å²) in [5.41, 5.74) is 2.54. The van der Waals surface area contributed by atoms with Gasteiger partial charge in [-0.1, -0.05) is 60.7 Å². The minimum atomic E-state index is 0.732. The molecule has 20 heavy (non-hydrogen) atoms. The first-order chi connectivity index (χ1) is 9.92. The van der Waals surface area contributed by atoms with Gasteiger partial charge in [0, 0.05) is 18.1 Å². The van der Waals surface area contributed by atoms with Crippen molar-refractivity contribution >= 4 is 11.3 Å². The smallest absolute Gasteiger partial charge is 0.185 e. The molecule has 0 atom stereocenters. The molecule has 0 aliphatic heterocycles. The summed E-state index contributed by atoms with van der Waals surface area (Å²) >= 11 is 1.68. The molecule has 1 aromatic heterocycles. The van der Waals surface area contributed by atoms with Crippen LogP contribution in [0.4, 0.5) is 0 Å². The van der Waals surface area contributed by atoms with Gasteiger partial charge in [-0.05, 0) is 11.1 Å². The van der Waals surface area contributed by atoms with Gasteiger partial charge in [0.05, 0.1) is 6.54 Å². The van der Waals surface area contributed by atoms with Crippen molar-refractivity contribution in [1.82, 2.24) is 4.57 Å². The highest BCUT2D eigenvalue weighted by atomic mass is 32.1. The van der Waals surface area contributed by atoms with Crippen molar-refractivity contribution < 1.29 is 0 Å². The van der Waals surface area contributed by atoms with Crippen molar-refractivity contribution in [2.75, 3.05) is 0 Å². The van der Waals surface area contributed by atoms with E-state index in [4.69, 9.17) is 4.99 Å². The van der Waals surface area contributed by atoms with E-state index in [9.17, 15) is 0 Å². The van der Waals surface area contributed by atoms with Gasteiger partial charge in [0.15, 0.2) is 4.80 Å². The lowest BCUT2D eigenvalue weighted by Gasteiger charge is -2.03. The molecule has 0 aliphatic carbocycles. The molecule has 3 heteroatoms. The number of hydrogen-bond acceptors (Lipinski definition) is 2. The van der Waals surface area contributed by atoms with Crippen LogP contribution in [0.5, 0.6) is 0 Å². The largest absolute Gasteiger partial charge is 0.320 e. The van der Waals surface area contributed by atoms with Crippen molar-refractivity contribution in [3.63, 3.8) is 0 Å². The molecule has 0 bridgehead atoms. The van der Waals surface area contributed by atoms with Crippen molar-refractivity contribution in [1.29, 1.82) is 0 Å². The molecule has 2 aromatic carbocycles. The van der Waals surface area contributed by atoms with Crippen LogP contribution in [0.3, 0.4) is 0 Å². The van der Waals surface area contributed by atoms with Gasteiger partial charge in [-0.2, -0.15) is 0 Å². The van der Waals surface area contributed by atoms with Crippen LogP contribution in [0.2, 0.25) is 0 Å². The Bertz CT molecular complexity index is 711. The molecule has 0 amide bonds. The third kappa shape index (κ3) is 3.25. The molecule has 0 aliphatic rings. The third-order valence-corrected chi connectivity index (χ3v) is 3.93. The molecule has 0 saturated heterocycles. The predicted octanol–water partition coefficient (Wildman–Crippen LogP) is 3.70. The molecule has 0 unspecified atom stereocenters. The van der Waals surface area contributed by atoms with E-state index < -0.39 is 0 Å². The lowest BCUT2D eigenvalue weighted by atomic mass is 10.2. The van der Waals surface area contributed by atoms with E-state index in [-0.39, 0.29) is 0 Å². The summed E-state index contributed by atoms with van der Waals surface area (Å²) in [6.45, 7) is 1.61. The molecule has 0 spiro atoms. The molecular formula is C17H16N2S. The Morgan fingerprint density at radius 1 is 0.850 bits per heavy atom. The lowest BCUT2D eigenvalue weighted by molar-refractivity contribution is 0.753. The standard InChI is InChI=1S/C17H16N2S/c1-3-7-15(8-4-1)13-18-17-19(11-12-20-17)14-16-9-5-2-6-10-16/h1-12H,13-14H2. The minimum absolute atomic E-state index is 0.732. The van der Waals surface area contributed by atoms with Gasteiger partial charge in [-0.3, -0.25) is 4.99 Å². The molecule has 0 fully saturated rings. The van der Waals surface area contributed by atoms with Crippen LogP contribution in [-0.4, -0.2) is 4.57 Å². The van der Waals surface area contributed by atoms with Crippen LogP contribution in [0.25, 0.3) is 0 Å². The van der Waals surface area contributed by atoms with Crippen LogP contribution < -0.4 is 4.80 Å². The van der Waals surface area contributed by atoms with Crippen molar-refractivity contribution in [3.8, 4) is 0 Å². The van der Waals surface area contributed by atoms with E-state index >= 15 is 0 Å². The first-order valence-electron chi connectivity index (χ1n) is 6.64. The first kappa shape index (κ1) is 12.9. The summed E-state index contributed by atoms with van der Waals surface area (Å²) in [7, 11) is 0. The van der Waals surface area contributed by atoms with Crippen LogP contribution in [0.15, 0.2) is 77.2 Å². The summed E-state index contributed by atoms with van der Waals surface area (Å²) in [4.78, 5) is 5.78. The zero-order valence-corrected chi connectivity index (χ0v) is 12.0. The average molecular weight is 280 g/mol. The summed E-state index contributed by atoms with van der Waals surface area (Å²) in [5, 5.41) is 2.09. The fourth-order valence-electron chi connectivity index (χ4n) is 2.07. The highest BCUT2D eigenvalue weighted by Gasteiger charge is 1.97. The Morgan fingerprint density at radius 3 is 2.20 bits per heavy atom. The maximum absolute atomic E-state index is 4.71. The monoisotopic (exact) mass is 280 g/mol. The van der Waals surface area contributed by atoms with Crippen molar-refractivity contribution in [2.24, 2.45) is 4.99 Å². The minimum Gasteiger partial charge on any atom is -0.320 e. The fourth-order valence-corrected chi connectivity index (χ4v) is 2.80. The molecule has 3 rings (SSSR count). The highest BCUT2D eigenvalue weighted by Crippen LogP contribution is 2.03. The molecular weight excluding hydrogens is 264 g/mol. The first-order valence-corrected chi connectivity index (χ1v) is 7.52. The van der Waals surface area contributed by atoms with E-state index in [0.29, 0.717) is 0 Å². The summed E-state index contributed by atoms with van der Waals surface area (Å²) < 4.78 is 2.20. The Morgan fingerprint density at radius 2 is 1.50 bits per heavy atom. The Kier molecular flexibility index (Phi) is 4.09. The van der Waals surface area contributed by atoms with Gasteiger partial charge in [-0.25, -0.2) is 0 Å². The third-order valence-electron chi connectivity index (χ3n) is 3.10. The summed E-state index contributed by atoms with van der Waals surface area (Å²) in [6.07, 6.45) is 2.10. The van der Waals surface area contributed by atoms with E-state index in [1.165, 1.54) is 11.1 Å². The number of rotatable bonds is 4. The summed E-state index contributed by atoms with van der Waals surface area (Å²) in [5.74, 6) is 0. The van der Waals surface area contributed by atoms with E-state index in [2.05, 4.69) is 64.7 Å². The molecule has 0 radical (unpaired) electrons. The van der Waals surface area contributed by atoms with Gasteiger partial charge in [0.2, 0.25) is 0 Å². The van der Waals surface area contributed by atoms with E-state index in [0.717, 1.165) is 17.9 Å². The van der Waals surface area contributed by atoms with Crippen LogP contribution in [0.1, 0.15) is 11.1 Å². The number of thiazole rings is 1. The SMILES string of the molecule is c1ccc(CN=c2sccn2Cc2ccccc2)cc1. The molecule has 100 valence electrons. The van der Waals surface area contributed by atoms with Crippen molar-refractivity contribution in [2.45, 2.75) is 13.1 Å². The maximum Gasteiger partial charge on any atom is 0.185 e. The van der Waals surface area contributed by atoms with Crippen LogP contribution in [-0.2, 0) is 13.1 Å². The van der Waals surface area contributed by atoms with Gasteiger partial charge in [0.25, 0.3) is 0 Å². The normalized spacial score (nSPS) is 11.7. The van der Waals surface area contributed by atoms with E-state index in [1.54, 1.807) is 11.3 Å². The van der Waals surface area contributed by atoms with Crippen LogP contribution in [0, 0.1) is 0 Å². The second-order valence-electron chi connectivity index (χ2n) is 4.60. The number of hydrogen-bond donors (Lipinski definition) is 0. The molecule has 0 saturated carbocycles. The topological polar surface area (TPSA) is 17.3 Å². The number of benzene rings is 2. The zero-order chi connectivity index (χ0) is 13.6. The van der Waals surface area contributed by atoms with Gasteiger partial charge >= 0.3 is 0 Å². The Balaban J connectivity index is 1.80. The molecule has 2 nitrogen and oxygen atoms in total. The molecule has 0 N–H and O–H groups in total. The Labute approximate surface area is 122 Å².